The van der Waals surface area contributed by atoms with Crippen LogP contribution < -0.4 is 10.6 Å². The minimum Gasteiger partial charge on any atom is -0.449 e. The molecule has 28 heavy (non-hydrogen) atoms. The van der Waals surface area contributed by atoms with E-state index in [1.165, 1.54) is 5.56 Å². The van der Waals surface area contributed by atoms with Crippen LogP contribution in [0.15, 0.2) is 24.3 Å². The molecule has 1 atom stereocenters. The highest BCUT2D eigenvalue weighted by Gasteiger charge is 2.31. The average molecular weight is 388 g/mol. The van der Waals surface area contributed by atoms with E-state index >= 15 is 0 Å². The Hall–Kier alpha value is -2.61. The first-order valence-electron chi connectivity index (χ1n) is 9.79. The topological polar surface area (TPSA) is 91.0 Å². The molecule has 8 nitrogen and oxygen atoms in total. The maximum Gasteiger partial charge on any atom is 0.409 e. The second-order valence-corrected chi connectivity index (χ2v) is 7.21. The molecule has 2 N–H and O–H groups in total. The zero-order valence-electron chi connectivity index (χ0n) is 16.3. The van der Waals surface area contributed by atoms with Crippen molar-refractivity contribution in [3.8, 4) is 0 Å². The lowest BCUT2D eigenvalue weighted by atomic mass is 10.0. The number of carbonyl (C=O) groups is 3. The Morgan fingerprint density at radius 2 is 2.11 bits per heavy atom. The Morgan fingerprint density at radius 3 is 2.89 bits per heavy atom. The molecular weight excluding hydrogens is 360 g/mol. The van der Waals surface area contributed by atoms with E-state index in [-0.39, 0.29) is 24.3 Å². The molecule has 1 aromatic carbocycles. The van der Waals surface area contributed by atoms with Crippen molar-refractivity contribution in [3.63, 3.8) is 0 Å². The van der Waals surface area contributed by atoms with Crippen molar-refractivity contribution in [3.05, 3.63) is 35.4 Å². The molecule has 152 valence electrons. The summed E-state index contributed by atoms with van der Waals surface area (Å²) in [5.74, 6) is -0.309. The summed E-state index contributed by atoms with van der Waals surface area (Å²) in [6.07, 6.45) is 0.564. The molecule has 2 aliphatic heterocycles. The molecule has 2 aliphatic rings. The molecular formula is C20H28N4O4. The lowest BCUT2D eigenvalue weighted by Crippen LogP contribution is -2.56. The van der Waals surface area contributed by atoms with Crippen LogP contribution in [0.3, 0.4) is 0 Å². The number of rotatable bonds is 7. The second-order valence-electron chi connectivity index (χ2n) is 7.21. The molecule has 0 saturated carbocycles. The summed E-state index contributed by atoms with van der Waals surface area (Å²) in [4.78, 5) is 40.0. The third-order valence-corrected chi connectivity index (χ3v) is 5.22. The summed E-state index contributed by atoms with van der Waals surface area (Å²) >= 11 is 0. The number of cyclic esters (lactones) is 1. The van der Waals surface area contributed by atoms with Gasteiger partial charge >= 0.3 is 6.09 Å². The maximum absolute atomic E-state index is 12.4. The van der Waals surface area contributed by atoms with Crippen LogP contribution in [0.1, 0.15) is 24.0 Å². The Morgan fingerprint density at radius 1 is 1.29 bits per heavy atom. The predicted octanol–water partition coefficient (Wildman–Crippen LogP) is 0.644. The average Bonchev–Trinajstić information content (AvgIpc) is 2.68. The molecule has 8 heteroatoms. The molecule has 1 unspecified atom stereocenters. The number of piperazine rings is 1. The van der Waals surface area contributed by atoms with E-state index in [1.54, 1.807) is 4.90 Å². The standard InChI is InChI=1S/C20H28N4O4/c1-15-5-2-3-6-16(15)14-24-11-8-22-19(26)17(24)13-18(25)21-7-10-23-9-4-12-28-20(23)27/h2-3,5-6,17H,4,7-14H2,1H3,(H,21,25)(H,22,26). The summed E-state index contributed by atoms with van der Waals surface area (Å²) in [6.45, 7) is 5.83. The van der Waals surface area contributed by atoms with Crippen LogP contribution >= 0.6 is 0 Å². The number of aryl methyl sites for hydroxylation is 1. The molecule has 3 rings (SSSR count). The van der Waals surface area contributed by atoms with Crippen molar-refractivity contribution in [1.29, 1.82) is 0 Å². The van der Waals surface area contributed by atoms with Crippen LogP contribution in [0, 0.1) is 6.92 Å². The largest absolute Gasteiger partial charge is 0.449 e. The van der Waals surface area contributed by atoms with Crippen molar-refractivity contribution < 1.29 is 19.1 Å². The summed E-state index contributed by atoms with van der Waals surface area (Å²) in [6, 6.07) is 7.58. The third-order valence-electron chi connectivity index (χ3n) is 5.22. The number of nitrogens with one attached hydrogen (secondary N) is 2. The first kappa shape index (κ1) is 20.1. The third kappa shape index (κ3) is 5.22. The van der Waals surface area contributed by atoms with E-state index < -0.39 is 6.04 Å². The Labute approximate surface area is 165 Å². The van der Waals surface area contributed by atoms with E-state index in [4.69, 9.17) is 4.74 Å². The maximum atomic E-state index is 12.4. The molecule has 0 radical (unpaired) electrons. The normalized spacial score (nSPS) is 20.5. The number of hydrogen-bond donors (Lipinski definition) is 2. The van der Waals surface area contributed by atoms with Gasteiger partial charge in [0, 0.05) is 39.3 Å². The fraction of sp³-hybridized carbons (Fsp3) is 0.550. The number of carbonyl (C=O) groups excluding carboxylic acids is 3. The van der Waals surface area contributed by atoms with Crippen molar-refractivity contribution in [2.75, 3.05) is 39.3 Å². The molecule has 0 aromatic heterocycles. The van der Waals surface area contributed by atoms with Gasteiger partial charge in [-0.25, -0.2) is 4.79 Å². The minimum atomic E-state index is -0.492. The van der Waals surface area contributed by atoms with E-state index in [1.807, 2.05) is 25.1 Å². The number of hydrogen-bond acceptors (Lipinski definition) is 5. The van der Waals surface area contributed by atoms with Gasteiger partial charge in [0.15, 0.2) is 0 Å². The predicted molar refractivity (Wildman–Crippen MR) is 104 cm³/mol. The van der Waals surface area contributed by atoms with E-state index in [2.05, 4.69) is 21.6 Å². The van der Waals surface area contributed by atoms with Gasteiger partial charge in [0.2, 0.25) is 11.8 Å². The molecule has 1 aromatic rings. The molecule has 2 saturated heterocycles. The smallest absolute Gasteiger partial charge is 0.409 e. The molecule has 2 heterocycles. The monoisotopic (exact) mass is 388 g/mol. The van der Waals surface area contributed by atoms with Crippen molar-refractivity contribution in [2.45, 2.75) is 32.4 Å². The molecule has 2 fully saturated rings. The lowest BCUT2D eigenvalue weighted by molar-refractivity contribution is -0.134. The highest BCUT2D eigenvalue weighted by atomic mass is 16.6. The first-order chi connectivity index (χ1) is 13.5. The number of nitrogens with zero attached hydrogens (tertiary/aromatic N) is 2. The Kier molecular flexibility index (Phi) is 6.86. The summed E-state index contributed by atoms with van der Waals surface area (Å²) in [5, 5.41) is 5.67. The van der Waals surface area contributed by atoms with Gasteiger partial charge in [0.05, 0.1) is 19.1 Å². The van der Waals surface area contributed by atoms with Crippen LogP contribution in [-0.4, -0.2) is 73.1 Å². The Balaban J connectivity index is 1.52. The highest BCUT2D eigenvalue weighted by Crippen LogP contribution is 2.16. The van der Waals surface area contributed by atoms with Crippen LogP contribution in [0.5, 0.6) is 0 Å². The van der Waals surface area contributed by atoms with Gasteiger partial charge in [-0.1, -0.05) is 24.3 Å². The number of benzene rings is 1. The zero-order chi connectivity index (χ0) is 19.9. The van der Waals surface area contributed by atoms with Gasteiger partial charge in [-0.2, -0.15) is 0 Å². The van der Waals surface area contributed by atoms with Crippen LogP contribution in [0.2, 0.25) is 0 Å². The molecule has 0 spiro atoms. The molecule has 3 amide bonds. The minimum absolute atomic E-state index is 0.0994. The van der Waals surface area contributed by atoms with Crippen LogP contribution in [0.25, 0.3) is 0 Å². The van der Waals surface area contributed by atoms with Crippen molar-refractivity contribution >= 4 is 17.9 Å². The summed E-state index contributed by atoms with van der Waals surface area (Å²) < 4.78 is 4.98. The van der Waals surface area contributed by atoms with Crippen molar-refractivity contribution in [1.82, 2.24) is 20.4 Å². The summed E-state index contributed by atoms with van der Waals surface area (Å²) in [7, 11) is 0. The SMILES string of the molecule is Cc1ccccc1CN1CCNC(=O)C1CC(=O)NCCN1CCCOC1=O. The van der Waals surface area contributed by atoms with E-state index in [0.717, 1.165) is 12.0 Å². The van der Waals surface area contributed by atoms with Gasteiger partial charge in [-0.05, 0) is 24.5 Å². The zero-order valence-corrected chi connectivity index (χ0v) is 16.3. The Bertz CT molecular complexity index is 724. The second kappa shape index (κ2) is 9.54. The highest BCUT2D eigenvalue weighted by molar-refractivity contribution is 5.88. The van der Waals surface area contributed by atoms with Gasteiger partial charge in [-0.15, -0.1) is 0 Å². The fourth-order valence-corrected chi connectivity index (χ4v) is 3.56. The number of ether oxygens (including phenoxy) is 1. The first-order valence-corrected chi connectivity index (χ1v) is 9.79. The van der Waals surface area contributed by atoms with E-state index in [0.29, 0.717) is 45.9 Å². The van der Waals surface area contributed by atoms with Crippen molar-refractivity contribution in [2.24, 2.45) is 0 Å². The van der Waals surface area contributed by atoms with Gasteiger partial charge in [-0.3, -0.25) is 14.5 Å². The van der Waals surface area contributed by atoms with E-state index in [9.17, 15) is 14.4 Å². The molecule has 0 aliphatic carbocycles. The van der Waals surface area contributed by atoms with Gasteiger partial charge < -0.3 is 20.3 Å². The van der Waals surface area contributed by atoms with Gasteiger partial charge in [0.25, 0.3) is 0 Å². The number of amides is 3. The lowest BCUT2D eigenvalue weighted by Gasteiger charge is -2.35. The van der Waals surface area contributed by atoms with Crippen LogP contribution in [0.4, 0.5) is 4.79 Å². The molecule has 0 bridgehead atoms. The van der Waals surface area contributed by atoms with Crippen LogP contribution in [-0.2, 0) is 20.9 Å². The van der Waals surface area contributed by atoms with Gasteiger partial charge in [0.1, 0.15) is 0 Å². The summed E-state index contributed by atoms with van der Waals surface area (Å²) in [5.41, 5.74) is 2.33. The quantitative estimate of drug-likeness (QED) is 0.716. The fourth-order valence-electron chi connectivity index (χ4n) is 3.56.